The first-order valence-corrected chi connectivity index (χ1v) is 9.58. The minimum absolute atomic E-state index is 0.0986. The zero-order chi connectivity index (χ0) is 21.0. The molecule has 1 aromatic carbocycles. The van der Waals surface area contributed by atoms with Crippen LogP contribution in [0.15, 0.2) is 30.6 Å². The number of carbonyl (C=O) groups excluding carboxylic acids is 1. The number of rotatable bonds is 9. The molecule has 0 bridgehead atoms. The van der Waals surface area contributed by atoms with Crippen LogP contribution in [0.3, 0.4) is 0 Å². The fourth-order valence-corrected chi connectivity index (χ4v) is 3.22. The van der Waals surface area contributed by atoms with E-state index in [4.69, 9.17) is 11.5 Å². The maximum absolute atomic E-state index is 15.4. The number of carbonyl (C=O) groups is 1. The molecule has 2 heterocycles. The topological polar surface area (TPSA) is 124 Å². The highest BCUT2D eigenvalue weighted by Gasteiger charge is 2.20. The first-order valence-electron chi connectivity index (χ1n) is 9.58. The second kappa shape index (κ2) is 8.87. The van der Waals surface area contributed by atoms with E-state index in [1.807, 2.05) is 0 Å². The van der Waals surface area contributed by atoms with Gasteiger partial charge in [0.25, 0.3) is 5.91 Å². The molecule has 0 saturated carbocycles. The molecule has 0 spiro atoms. The van der Waals surface area contributed by atoms with Gasteiger partial charge in [0.1, 0.15) is 5.82 Å². The number of hydrogen-bond acceptors (Lipinski definition) is 6. The number of pyridine rings is 1. The molecule has 1 atom stereocenters. The number of aromatic nitrogens is 3. The number of amides is 1. The third kappa shape index (κ3) is 4.29. The van der Waals surface area contributed by atoms with Crippen molar-refractivity contribution in [2.45, 2.75) is 32.2 Å². The van der Waals surface area contributed by atoms with E-state index in [1.165, 1.54) is 12.4 Å². The van der Waals surface area contributed by atoms with Gasteiger partial charge in [0, 0.05) is 25.8 Å². The Kier molecular flexibility index (Phi) is 6.28. The lowest BCUT2D eigenvalue weighted by Gasteiger charge is -2.22. The Bertz CT molecular complexity index is 1020. The quantitative estimate of drug-likeness (QED) is 0.439. The molecule has 29 heavy (non-hydrogen) atoms. The highest BCUT2D eigenvalue weighted by atomic mass is 19.1. The molecule has 3 rings (SSSR count). The largest absolute Gasteiger partial charge is 0.377 e. The lowest BCUT2D eigenvalue weighted by molar-refractivity contribution is 0.100. The van der Waals surface area contributed by atoms with Gasteiger partial charge in [-0.05, 0) is 24.6 Å². The maximum atomic E-state index is 15.4. The third-order valence-corrected chi connectivity index (χ3v) is 4.86. The summed E-state index contributed by atoms with van der Waals surface area (Å²) in [5.74, 6) is -0.814. The van der Waals surface area contributed by atoms with Crippen molar-refractivity contribution in [1.82, 2.24) is 14.8 Å². The molecule has 3 aromatic rings. The number of hydrogen-bond donors (Lipinski definition) is 4. The second-order valence-corrected chi connectivity index (χ2v) is 6.92. The summed E-state index contributed by atoms with van der Waals surface area (Å²) in [5, 5.41) is 10.8. The molecule has 9 heteroatoms. The number of aryl methyl sites for hydroxylation is 1. The van der Waals surface area contributed by atoms with Crippen molar-refractivity contribution in [3.8, 4) is 0 Å². The highest BCUT2D eigenvalue weighted by molar-refractivity contribution is 5.99. The summed E-state index contributed by atoms with van der Waals surface area (Å²) in [6.07, 6.45) is 5.82. The van der Waals surface area contributed by atoms with Crippen LogP contribution in [-0.2, 0) is 7.05 Å². The van der Waals surface area contributed by atoms with Crippen molar-refractivity contribution in [3.63, 3.8) is 0 Å². The van der Waals surface area contributed by atoms with Gasteiger partial charge in [-0.1, -0.05) is 19.8 Å². The molecule has 0 unspecified atom stereocenters. The van der Waals surface area contributed by atoms with Crippen LogP contribution in [0.25, 0.3) is 10.9 Å². The van der Waals surface area contributed by atoms with Crippen molar-refractivity contribution in [1.29, 1.82) is 0 Å². The fraction of sp³-hybridized carbons (Fsp3) is 0.350. The van der Waals surface area contributed by atoms with Gasteiger partial charge in [-0.3, -0.25) is 9.48 Å². The van der Waals surface area contributed by atoms with Crippen molar-refractivity contribution >= 4 is 34.0 Å². The molecule has 6 N–H and O–H groups in total. The number of nitrogens with zero attached hydrogens (tertiary/aromatic N) is 3. The van der Waals surface area contributed by atoms with E-state index in [2.05, 4.69) is 27.6 Å². The van der Waals surface area contributed by atoms with Gasteiger partial charge in [-0.25, -0.2) is 9.37 Å². The van der Waals surface area contributed by atoms with Gasteiger partial charge < -0.3 is 22.1 Å². The summed E-state index contributed by atoms with van der Waals surface area (Å²) >= 11 is 0. The predicted molar refractivity (Wildman–Crippen MR) is 113 cm³/mol. The SMILES string of the molecule is CCCC[C@H](CN)Nc1c(Nc2ncccc2C(N)=O)cc2c(cnn2C)c1F. The molecule has 1 amide bonds. The zero-order valence-corrected chi connectivity index (χ0v) is 16.6. The monoisotopic (exact) mass is 399 g/mol. The van der Waals surface area contributed by atoms with E-state index in [-0.39, 0.29) is 23.1 Å². The minimum atomic E-state index is -0.625. The summed E-state index contributed by atoms with van der Waals surface area (Å²) in [4.78, 5) is 15.9. The number of nitrogens with two attached hydrogens (primary N) is 2. The Hall–Kier alpha value is -3.20. The number of nitrogens with one attached hydrogen (secondary N) is 2. The van der Waals surface area contributed by atoms with E-state index in [9.17, 15) is 4.79 Å². The van der Waals surface area contributed by atoms with Crippen molar-refractivity contribution in [2.75, 3.05) is 17.2 Å². The number of benzene rings is 1. The molecule has 0 saturated heterocycles. The molecule has 154 valence electrons. The van der Waals surface area contributed by atoms with Crippen molar-refractivity contribution in [3.05, 3.63) is 42.0 Å². The molecule has 0 aliphatic heterocycles. The van der Waals surface area contributed by atoms with E-state index in [0.29, 0.717) is 23.1 Å². The van der Waals surface area contributed by atoms with E-state index >= 15 is 4.39 Å². The summed E-state index contributed by atoms with van der Waals surface area (Å²) < 4.78 is 17.0. The van der Waals surface area contributed by atoms with Crippen LogP contribution in [0.5, 0.6) is 0 Å². The van der Waals surface area contributed by atoms with Crippen molar-refractivity contribution in [2.24, 2.45) is 18.5 Å². The van der Waals surface area contributed by atoms with Crippen LogP contribution in [0.1, 0.15) is 36.5 Å². The average molecular weight is 399 g/mol. The first kappa shape index (κ1) is 20.5. The van der Waals surface area contributed by atoms with Crippen LogP contribution in [0, 0.1) is 5.82 Å². The normalized spacial score (nSPS) is 12.1. The Morgan fingerprint density at radius 2 is 2.21 bits per heavy atom. The number of primary amides is 1. The summed E-state index contributed by atoms with van der Waals surface area (Å²) in [6.45, 7) is 2.45. The third-order valence-electron chi connectivity index (χ3n) is 4.86. The number of anilines is 3. The zero-order valence-electron chi connectivity index (χ0n) is 16.6. The van der Waals surface area contributed by atoms with Gasteiger partial charge in [-0.15, -0.1) is 0 Å². The highest BCUT2D eigenvalue weighted by Crippen LogP contribution is 2.35. The molecule has 0 aliphatic rings. The van der Waals surface area contributed by atoms with Gasteiger partial charge in [-0.2, -0.15) is 5.10 Å². The number of fused-ring (bicyclic) bond motifs is 1. The molecular formula is C20H26FN7O. The molecular weight excluding hydrogens is 373 g/mol. The summed E-state index contributed by atoms with van der Waals surface area (Å²) in [6, 6.07) is 4.84. The van der Waals surface area contributed by atoms with E-state index in [0.717, 1.165) is 19.3 Å². The Morgan fingerprint density at radius 1 is 1.41 bits per heavy atom. The van der Waals surface area contributed by atoms with Crippen molar-refractivity contribution < 1.29 is 9.18 Å². The van der Waals surface area contributed by atoms with E-state index < -0.39 is 11.7 Å². The first-order chi connectivity index (χ1) is 14.0. The van der Waals surface area contributed by atoms with Crippen LogP contribution in [-0.4, -0.2) is 33.3 Å². The average Bonchev–Trinajstić information content (AvgIpc) is 3.08. The predicted octanol–water partition coefficient (Wildman–Crippen LogP) is 2.88. The smallest absolute Gasteiger partial charge is 0.252 e. The maximum Gasteiger partial charge on any atom is 0.252 e. The van der Waals surface area contributed by atoms with Gasteiger partial charge >= 0.3 is 0 Å². The Morgan fingerprint density at radius 3 is 2.90 bits per heavy atom. The van der Waals surface area contributed by atoms with Gasteiger partial charge in [0.05, 0.1) is 34.0 Å². The van der Waals surface area contributed by atoms with Crippen LogP contribution >= 0.6 is 0 Å². The molecule has 0 radical (unpaired) electrons. The Labute approximate surface area is 168 Å². The number of halogens is 1. The standard InChI is InChI=1S/C20H26FN7O/c1-3-4-6-12(10-22)26-18-15(9-16-14(17(18)21)11-25-28(16)2)27-20-13(19(23)29)7-5-8-24-20/h5,7-9,11-12,26H,3-4,6,10,22H2,1-2H3,(H2,23,29)(H,24,27)/t12-/m1/s1. The minimum Gasteiger partial charge on any atom is -0.377 e. The van der Waals surface area contributed by atoms with E-state index in [1.54, 1.807) is 29.9 Å². The fourth-order valence-electron chi connectivity index (χ4n) is 3.22. The van der Waals surface area contributed by atoms with Crippen LogP contribution in [0.4, 0.5) is 21.6 Å². The van der Waals surface area contributed by atoms with Crippen LogP contribution < -0.4 is 22.1 Å². The number of unbranched alkanes of at least 4 members (excludes halogenated alkanes) is 1. The van der Waals surface area contributed by atoms with Crippen LogP contribution in [0.2, 0.25) is 0 Å². The molecule has 2 aromatic heterocycles. The Balaban J connectivity index is 2.09. The summed E-state index contributed by atoms with van der Waals surface area (Å²) in [5.41, 5.74) is 12.9. The lowest BCUT2D eigenvalue weighted by Crippen LogP contribution is -2.29. The summed E-state index contributed by atoms with van der Waals surface area (Å²) in [7, 11) is 1.73. The molecule has 0 fully saturated rings. The molecule has 8 nitrogen and oxygen atoms in total. The van der Waals surface area contributed by atoms with Gasteiger partial charge in [0.15, 0.2) is 5.82 Å². The lowest BCUT2D eigenvalue weighted by atomic mass is 10.1. The second-order valence-electron chi connectivity index (χ2n) is 6.92. The van der Waals surface area contributed by atoms with Gasteiger partial charge in [0.2, 0.25) is 0 Å². The molecule has 0 aliphatic carbocycles.